The van der Waals surface area contributed by atoms with Gasteiger partial charge in [-0.3, -0.25) is 14.4 Å². The summed E-state index contributed by atoms with van der Waals surface area (Å²) in [5, 5.41) is 11.4. The molecular formula is C17H23NO4. The molecule has 5 nitrogen and oxygen atoms in total. The molecule has 0 saturated carbocycles. The lowest BCUT2D eigenvalue weighted by Gasteiger charge is -2.04. The number of nitrogens with one attached hydrogen (secondary N) is 1. The first-order valence-electron chi connectivity index (χ1n) is 7.57. The Morgan fingerprint density at radius 2 is 1.68 bits per heavy atom. The van der Waals surface area contributed by atoms with E-state index in [1.54, 1.807) is 12.1 Å². The van der Waals surface area contributed by atoms with E-state index >= 15 is 0 Å². The third-order valence-corrected chi connectivity index (χ3v) is 3.36. The molecule has 0 unspecified atom stereocenters. The molecule has 22 heavy (non-hydrogen) atoms. The average molecular weight is 305 g/mol. The van der Waals surface area contributed by atoms with E-state index in [4.69, 9.17) is 5.11 Å². The molecule has 5 heteroatoms. The van der Waals surface area contributed by atoms with Gasteiger partial charge in [0.05, 0.1) is 0 Å². The predicted octanol–water partition coefficient (Wildman–Crippen LogP) is 2.58. The van der Waals surface area contributed by atoms with Crippen molar-refractivity contribution in [3.63, 3.8) is 0 Å². The summed E-state index contributed by atoms with van der Waals surface area (Å²) in [5.74, 6) is -0.747. The fourth-order valence-electron chi connectivity index (χ4n) is 2.10. The average Bonchev–Trinajstić information content (AvgIpc) is 2.48. The minimum atomic E-state index is -0.820. The van der Waals surface area contributed by atoms with Crippen molar-refractivity contribution < 1.29 is 19.5 Å². The van der Waals surface area contributed by atoms with Crippen LogP contribution in [-0.4, -0.2) is 29.3 Å². The van der Waals surface area contributed by atoms with E-state index in [2.05, 4.69) is 5.32 Å². The predicted molar refractivity (Wildman–Crippen MR) is 83.9 cm³/mol. The molecule has 1 aromatic rings. The summed E-state index contributed by atoms with van der Waals surface area (Å²) in [6.07, 6.45) is 3.66. The van der Waals surface area contributed by atoms with Gasteiger partial charge in [-0.2, -0.15) is 0 Å². The topological polar surface area (TPSA) is 83.5 Å². The van der Waals surface area contributed by atoms with E-state index in [0.29, 0.717) is 24.9 Å². The van der Waals surface area contributed by atoms with Gasteiger partial charge in [0, 0.05) is 31.9 Å². The van der Waals surface area contributed by atoms with E-state index in [0.717, 1.165) is 24.8 Å². The fourth-order valence-corrected chi connectivity index (χ4v) is 2.10. The molecule has 0 bridgehead atoms. The van der Waals surface area contributed by atoms with Crippen LogP contribution < -0.4 is 5.32 Å². The minimum absolute atomic E-state index is 0.0286. The van der Waals surface area contributed by atoms with Crippen molar-refractivity contribution in [2.24, 2.45) is 0 Å². The zero-order valence-corrected chi connectivity index (χ0v) is 12.9. The molecule has 1 aromatic carbocycles. The molecule has 0 saturated heterocycles. The van der Waals surface area contributed by atoms with Gasteiger partial charge in [-0.25, -0.2) is 0 Å². The molecule has 1 amide bonds. The third-order valence-electron chi connectivity index (χ3n) is 3.36. The summed E-state index contributed by atoms with van der Waals surface area (Å²) in [4.78, 5) is 33.2. The van der Waals surface area contributed by atoms with Crippen LogP contribution in [-0.2, 0) is 16.0 Å². The lowest BCUT2D eigenvalue weighted by atomic mass is 10.0. The summed E-state index contributed by atoms with van der Waals surface area (Å²) in [7, 11) is 0. The smallest absolute Gasteiger partial charge is 0.303 e. The number of hydrogen-bond acceptors (Lipinski definition) is 3. The number of Topliss-reactive ketones (excluding diaryl/α,β-unsaturated/α-hetero) is 1. The largest absolute Gasteiger partial charge is 0.481 e. The lowest BCUT2D eigenvalue weighted by Crippen LogP contribution is -2.20. The first kappa shape index (κ1) is 17.9. The highest BCUT2D eigenvalue weighted by Gasteiger charge is 2.06. The van der Waals surface area contributed by atoms with Gasteiger partial charge in [0.2, 0.25) is 5.91 Å². The molecule has 0 aromatic heterocycles. The molecule has 0 radical (unpaired) electrons. The standard InChI is InChI=1S/C17H23NO4/c1-13(19)18-12-4-2-3-5-16(20)15-9-6-14(7-10-15)8-11-17(21)22/h6-7,9-10H,2-5,8,11-12H2,1H3,(H,18,19)(H,21,22). The Bertz CT molecular complexity index is 508. The number of aliphatic carboxylic acids is 1. The van der Waals surface area contributed by atoms with Crippen LogP contribution in [0.2, 0.25) is 0 Å². The SMILES string of the molecule is CC(=O)NCCCCCC(=O)c1ccc(CCC(=O)O)cc1. The molecule has 0 atom stereocenters. The first-order valence-corrected chi connectivity index (χ1v) is 7.57. The summed E-state index contributed by atoms with van der Waals surface area (Å²) < 4.78 is 0. The number of carbonyl (C=O) groups is 3. The molecule has 120 valence electrons. The number of rotatable bonds is 10. The summed E-state index contributed by atoms with van der Waals surface area (Å²) in [6.45, 7) is 2.14. The van der Waals surface area contributed by atoms with Crippen LogP contribution in [0.3, 0.4) is 0 Å². The summed E-state index contributed by atoms with van der Waals surface area (Å²) in [6, 6.07) is 7.15. The van der Waals surface area contributed by atoms with Crippen molar-refractivity contribution in [3.8, 4) is 0 Å². The van der Waals surface area contributed by atoms with Crippen LogP contribution in [0.1, 0.15) is 54.9 Å². The van der Waals surface area contributed by atoms with Crippen molar-refractivity contribution in [2.45, 2.75) is 45.4 Å². The number of ketones is 1. The molecule has 0 aliphatic heterocycles. The Morgan fingerprint density at radius 3 is 2.27 bits per heavy atom. The second kappa shape index (κ2) is 9.71. The van der Waals surface area contributed by atoms with E-state index < -0.39 is 5.97 Å². The van der Waals surface area contributed by atoms with E-state index in [9.17, 15) is 14.4 Å². The zero-order chi connectivity index (χ0) is 16.4. The second-order valence-electron chi connectivity index (χ2n) is 5.31. The highest BCUT2D eigenvalue weighted by molar-refractivity contribution is 5.96. The molecule has 2 N–H and O–H groups in total. The number of hydrogen-bond donors (Lipinski definition) is 2. The Labute approximate surface area is 130 Å². The molecule has 0 aliphatic rings. The number of unbranched alkanes of at least 4 members (excludes halogenated alkanes) is 2. The normalized spacial score (nSPS) is 10.2. The molecule has 0 aliphatic carbocycles. The zero-order valence-electron chi connectivity index (χ0n) is 12.9. The molecule has 1 rings (SSSR count). The number of aryl methyl sites for hydroxylation is 1. The maximum absolute atomic E-state index is 12.0. The second-order valence-corrected chi connectivity index (χ2v) is 5.31. The molecule has 0 fully saturated rings. The van der Waals surface area contributed by atoms with Crippen LogP contribution in [0.5, 0.6) is 0 Å². The Morgan fingerprint density at radius 1 is 1.00 bits per heavy atom. The van der Waals surface area contributed by atoms with Gasteiger partial charge in [-0.1, -0.05) is 30.7 Å². The van der Waals surface area contributed by atoms with Gasteiger partial charge in [0.1, 0.15) is 0 Å². The van der Waals surface area contributed by atoms with Crippen molar-refractivity contribution in [3.05, 3.63) is 35.4 Å². The highest BCUT2D eigenvalue weighted by atomic mass is 16.4. The van der Waals surface area contributed by atoms with Crippen LogP contribution in [0, 0.1) is 0 Å². The first-order chi connectivity index (χ1) is 10.5. The Hall–Kier alpha value is -2.17. The van der Waals surface area contributed by atoms with Crippen LogP contribution in [0.25, 0.3) is 0 Å². The number of benzene rings is 1. The number of amides is 1. The van der Waals surface area contributed by atoms with Gasteiger partial charge in [0.15, 0.2) is 5.78 Å². The van der Waals surface area contributed by atoms with Crippen molar-refractivity contribution in [2.75, 3.05) is 6.54 Å². The van der Waals surface area contributed by atoms with Gasteiger partial charge in [-0.05, 0) is 24.8 Å². The number of carbonyl (C=O) groups excluding carboxylic acids is 2. The van der Waals surface area contributed by atoms with Gasteiger partial charge >= 0.3 is 5.97 Å². The fraction of sp³-hybridized carbons (Fsp3) is 0.471. The molecule has 0 heterocycles. The number of carboxylic acid groups (broad SMARTS) is 1. The molecule has 0 spiro atoms. The summed E-state index contributed by atoms with van der Waals surface area (Å²) >= 11 is 0. The lowest BCUT2D eigenvalue weighted by molar-refractivity contribution is -0.137. The monoisotopic (exact) mass is 305 g/mol. The van der Waals surface area contributed by atoms with Gasteiger partial charge in [-0.15, -0.1) is 0 Å². The van der Waals surface area contributed by atoms with Crippen molar-refractivity contribution in [1.29, 1.82) is 0 Å². The van der Waals surface area contributed by atoms with Crippen molar-refractivity contribution in [1.82, 2.24) is 5.32 Å². The quantitative estimate of drug-likeness (QED) is 0.514. The Kier molecular flexibility index (Phi) is 7.89. The van der Waals surface area contributed by atoms with Crippen LogP contribution in [0.4, 0.5) is 0 Å². The van der Waals surface area contributed by atoms with Crippen LogP contribution >= 0.6 is 0 Å². The van der Waals surface area contributed by atoms with Gasteiger partial charge in [0.25, 0.3) is 0 Å². The van der Waals surface area contributed by atoms with Crippen molar-refractivity contribution >= 4 is 17.7 Å². The highest BCUT2D eigenvalue weighted by Crippen LogP contribution is 2.11. The third kappa shape index (κ3) is 7.57. The van der Waals surface area contributed by atoms with Crippen LogP contribution in [0.15, 0.2) is 24.3 Å². The van der Waals surface area contributed by atoms with Gasteiger partial charge < -0.3 is 10.4 Å². The van der Waals surface area contributed by atoms with E-state index in [1.165, 1.54) is 6.92 Å². The minimum Gasteiger partial charge on any atom is -0.481 e. The Balaban J connectivity index is 2.27. The maximum Gasteiger partial charge on any atom is 0.303 e. The summed E-state index contributed by atoms with van der Waals surface area (Å²) in [5.41, 5.74) is 1.59. The van der Waals surface area contributed by atoms with E-state index in [1.807, 2.05) is 12.1 Å². The maximum atomic E-state index is 12.0. The van der Waals surface area contributed by atoms with E-state index in [-0.39, 0.29) is 18.1 Å². The number of carboxylic acids is 1. The molecular weight excluding hydrogens is 282 g/mol.